The van der Waals surface area contributed by atoms with Gasteiger partial charge in [-0.2, -0.15) is 5.10 Å². The number of aromatic nitrogens is 3. The number of aryl methyl sites for hydroxylation is 1. The van der Waals surface area contributed by atoms with E-state index in [0.29, 0.717) is 31.6 Å². The van der Waals surface area contributed by atoms with Crippen LogP contribution in [0.3, 0.4) is 0 Å². The van der Waals surface area contributed by atoms with Gasteiger partial charge in [0, 0.05) is 47.5 Å². The van der Waals surface area contributed by atoms with Gasteiger partial charge in [0.25, 0.3) is 5.91 Å². The summed E-state index contributed by atoms with van der Waals surface area (Å²) in [6.45, 7) is 7.71. The Morgan fingerprint density at radius 3 is 2.51 bits per heavy atom. The van der Waals surface area contributed by atoms with Crippen molar-refractivity contribution in [2.45, 2.75) is 45.6 Å². The van der Waals surface area contributed by atoms with Gasteiger partial charge in [-0.3, -0.25) is 9.59 Å². The largest absolute Gasteiger partial charge is 0.336 e. The van der Waals surface area contributed by atoms with E-state index < -0.39 is 0 Å². The van der Waals surface area contributed by atoms with Gasteiger partial charge >= 0.3 is 0 Å². The zero-order chi connectivity index (χ0) is 27.5. The van der Waals surface area contributed by atoms with Crippen LogP contribution in [0.25, 0.3) is 16.4 Å². The zero-order valence-corrected chi connectivity index (χ0v) is 24.8. The Hall–Kier alpha value is -3.30. The quantitative estimate of drug-likeness (QED) is 0.252. The van der Waals surface area contributed by atoms with E-state index in [1.165, 1.54) is 11.3 Å². The number of rotatable bonds is 7. The molecule has 1 aliphatic rings. The second-order valence-electron chi connectivity index (χ2n) is 10.2. The molecule has 0 N–H and O–H groups in total. The number of carbonyl (C=O) groups is 2. The van der Waals surface area contributed by atoms with Crippen molar-refractivity contribution in [3.8, 4) is 16.4 Å². The van der Waals surface area contributed by atoms with Gasteiger partial charge < -0.3 is 9.80 Å². The highest BCUT2D eigenvalue weighted by Crippen LogP contribution is 2.30. The maximum absolute atomic E-state index is 13.7. The topological polar surface area (TPSA) is 71.3 Å². The van der Waals surface area contributed by atoms with Crippen LogP contribution in [0.5, 0.6) is 0 Å². The summed E-state index contributed by atoms with van der Waals surface area (Å²) in [4.78, 5) is 35.3. The van der Waals surface area contributed by atoms with E-state index >= 15 is 0 Å². The molecule has 202 valence electrons. The summed E-state index contributed by atoms with van der Waals surface area (Å²) >= 11 is 4.99. The summed E-state index contributed by atoms with van der Waals surface area (Å²) in [5.41, 5.74) is 4.52. The smallest absolute Gasteiger partial charge is 0.257 e. The van der Waals surface area contributed by atoms with Crippen LogP contribution in [0.15, 0.2) is 70.6 Å². The third-order valence-corrected chi connectivity index (χ3v) is 8.45. The van der Waals surface area contributed by atoms with E-state index in [4.69, 9.17) is 4.98 Å². The molecule has 2 amide bonds. The lowest BCUT2D eigenvalue weighted by atomic mass is 10.0. The highest BCUT2D eigenvalue weighted by molar-refractivity contribution is 9.10. The summed E-state index contributed by atoms with van der Waals surface area (Å²) in [6, 6.07) is 18.1. The van der Waals surface area contributed by atoms with Gasteiger partial charge in [-0.25, -0.2) is 9.67 Å². The van der Waals surface area contributed by atoms with Crippen LogP contribution in [-0.4, -0.2) is 62.1 Å². The molecule has 9 heteroatoms. The minimum Gasteiger partial charge on any atom is -0.336 e. The maximum Gasteiger partial charge on any atom is 0.257 e. The first-order valence-corrected chi connectivity index (χ1v) is 14.9. The molecule has 39 heavy (non-hydrogen) atoms. The average molecular weight is 607 g/mol. The molecule has 1 fully saturated rings. The van der Waals surface area contributed by atoms with Crippen molar-refractivity contribution >= 4 is 39.1 Å². The number of benzene rings is 2. The molecule has 2 aromatic carbocycles. The Bertz CT molecular complexity index is 1450. The fraction of sp³-hybridized carbons (Fsp3) is 0.333. The van der Waals surface area contributed by atoms with Crippen molar-refractivity contribution in [2.75, 3.05) is 19.6 Å². The lowest BCUT2D eigenvalue weighted by molar-refractivity contribution is -0.135. The number of halogens is 1. The summed E-state index contributed by atoms with van der Waals surface area (Å²) in [7, 11) is 0. The molecular weight excluding hydrogens is 574 g/mol. The van der Waals surface area contributed by atoms with Gasteiger partial charge in [0.1, 0.15) is 0 Å². The number of nitrogens with zero attached hydrogens (tertiary/aromatic N) is 5. The second-order valence-corrected chi connectivity index (χ2v) is 12.0. The SMILES string of the molecule is CC(C)c1c(C(=O)N2CCN(C(=O)CCc3ccccc3)C(C)C2)cnn1-c1nc(-c2ccc(Br)cc2)cs1. The molecule has 1 saturated heterocycles. The van der Waals surface area contributed by atoms with E-state index in [9.17, 15) is 9.59 Å². The molecule has 3 heterocycles. The molecule has 0 bridgehead atoms. The van der Waals surface area contributed by atoms with Crippen LogP contribution in [0.2, 0.25) is 0 Å². The van der Waals surface area contributed by atoms with Gasteiger partial charge in [-0.15, -0.1) is 11.3 Å². The molecular formula is C30H32BrN5O2S. The summed E-state index contributed by atoms with van der Waals surface area (Å²) in [5, 5.41) is 7.35. The minimum atomic E-state index is -0.0454. The average Bonchev–Trinajstić information content (AvgIpc) is 3.60. The number of carbonyl (C=O) groups excluding carboxylic acids is 2. The van der Waals surface area contributed by atoms with Crippen molar-refractivity contribution in [1.82, 2.24) is 24.6 Å². The molecule has 1 unspecified atom stereocenters. The van der Waals surface area contributed by atoms with E-state index in [2.05, 4.69) is 34.9 Å². The molecule has 4 aromatic rings. The Morgan fingerprint density at radius 1 is 1.08 bits per heavy atom. The van der Waals surface area contributed by atoms with Crippen LogP contribution in [0.4, 0.5) is 0 Å². The number of hydrogen-bond acceptors (Lipinski definition) is 5. The molecule has 0 radical (unpaired) electrons. The second kappa shape index (κ2) is 11.8. The van der Waals surface area contributed by atoms with Crippen LogP contribution >= 0.6 is 27.3 Å². The molecule has 0 aliphatic carbocycles. The minimum absolute atomic E-state index is 0.0436. The van der Waals surface area contributed by atoms with Gasteiger partial charge in [-0.1, -0.05) is 72.2 Å². The van der Waals surface area contributed by atoms with Crippen molar-refractivity contribution < 1.29 is 9.59 Å². The first-order chi connectivity index (χ1) is 18.8. The lowest BCUT2D eigenvalue weighted by Gasteiger charge is -2.40. The molecule has 1 aliphatic heterocycles. The molecule has 5 rings (SSSR count). The Morgan fingerprint density at radius 2 is 1.82 bits per heavy atom. The number of piperazine rings is 1. The van der Waals surface area contributed by atoms with Gasteiger partial charge in [0.05, 0.1) is 23.1 Å². The third-order valence-electron chi connectivity index (χ3n) is 7.10. The summed E-state index contributed by atoms with van der Waals surface area (Å²) in [5.74, 6) is 0.169. The first kappa shape index (κ1) is 27.3. The Balaban J connectivity index is 1.28. The summed E-state index contributed by atoms with van der Waals surface area (Å²) in [6.07, 6.45) is 2.87. The zero-order valence-electron chi connectivity index (χ0n) is 22.4. The van der Waals surface area contributed by atoms with Crippen molar-refractivity contribution in [2.24, 2.45) is 0 Å². The van der Waals surface area contributed by atoms with Crippen LogP contribution in [-0.2, 0) is 11.2 Å². The van der Waals surface area contributed by atoms with E-state index in [1.54, 1.807) is 10.9 Å². The number of thiazole rings is 1. The summed E-state index contributed by atoms with van der Waals surface area (Å²) < 4.78 is 2.82. The van der Waals surface area contributed by atoms with E-state index in [1.807, 2.05) is 76.7 Å². The van der Waals surface area contributed by atoms with Crippen LogP contribution < -0.4 is 0 Å². The molecule has 0 saturated carbocycles. The monoisotopic (exact) mass is 605 g/mol. The standard InChI is InChI=1S/C30H32BrN5O2S/c1-20(2)28-25(17-32-36(28)30-33-26(19-39-30)23-10-12-24(31)13-11-23)29(38)34-15-16-35(21(3)18-34)27(37)14-9-22-7-5-4-6-8-22/h4-8,10-13,17,19-21H,9,14-16,18H2,1-3H3. The Labute approximate surface area is 241 Å². The van der Waals surface area contributed by atoms with Gasteiger partial charge in [-0.05, 0) is 37.0 Å². The number of hydrogen-bond donors (Lipinski definition) is 0. The Kier molecular flexibility index (Phi) is 8.28. The highest BCUT2D eigenvalue weighted by atomic mass is 79.9. The normalized spacial score (nSPS) is 15.7. The highest BCUT2D eigenvalue weighted by Gasteiger charge is 2.32. The van der Waals surface area contributed by atoms with Crippen molar-refractivity contribution in [3.63, 3.8) is 0 Å². The molecule has 1 atom stereocenters. The van der Waals surface area contributed by atoms with Crippen LogP contribution in [0.1, 0.15) is 54.7 Å². The maximum atomic E-state index is 13.7. The molecule has 7 nitrogen and oxygen atoms in total. The molecule has 0 spiro atoms. The van der Waals surface area contributed by atoms with Gasteiger partial charge in [0.2, 0.25) is 11.0 Å². The fourth-order valence-electron chi connectivity index (χ4n) is 5.07. The van der Waals surface area contributed by atoms with Gasteiger partial charge in [0.15, 0.2) is 0 Å². The predicted octanol–water partition coefficient (Wildman–Crippen LogP) is 6.19. The lowest BCUT2D eigenvalue weighted by Crippen LogP contribution is -2.55. The van der Waals surface area contributed by atoms with Crippen molar-refractivity contribution in [3.05, 3.63) is 87.5 Å². The van der Waals surface area contributed by atoms with Crippen LogP contribution in [0, 0.1) is 0 Å². The predicted molar refractivity (Wildman–Crippen MR) is 158 cm³/mol. The fourth-order valence-corrected chi connectivity index (χ4v) is 6.13. The first-order valence-electron chi connectivity index (χ1n) is 13.2. The molecule has 2 aromatic heterocycles. The van der Waals surface area contributed by atoms with Crippen molar-refractivity contribution in [1.29, 1.82) is 0 Å². The third kappa shape index (κ3) is 5.99. The van der Waals surface area contributed by atoms with E-state index in [-0.39, 0.29) is 23.8 Å². The number of amides is 2. The van der Waals surface area contributed by atoms with E-state index in [0.717, 1.165) is 38.5 Å².